The van der Waals surface area contributed by atoms with Crippen LogP contribution in [0.4, 0.5) is 0 Å². The first-order valence-electron chi connectivity index (χ1n) is 9.99. The molecule has 3 rings (SSSR count). The van der Waals surface area contributed by atoms with E-state index < -0.39 is 0 Å². The van der Waals surface area contributed by atoms with Crippen molar-refractivity contribution in [2.75, 3.05) is 13.6 Å². The molecular weight excluding hydrogens is 419 g/mol. The van der Waals surface area contributed by atoms with Crippen LogP contribution in [0.3, 0.4) is 0 Å². The van der Waals surface area contributed by atoms with Crippen LogP contribution in [0, 0.1) is 0 Å². The van der Waals surface area contributed by atoms with Crippen molar-refractivity contribution in [2.24, 2.45) is 0 Å². The van der Waals surface area contributed by atoms with Crippen LogP contribution in [0.5, 0.6) is 0 Å². The number of hydrogen-bond donors (Lipinski definition) is 2. The summed E-state index contributed by atoms with van der Waals surface area (Å²) in [4.78, 5) is 14.7. The van der Waals surface area contributed by atoms with E-state index in [2.05, 4.69) is 24.0 Å². The van der Waals surface area contributed by atoms with Gasteiger partial charge in [0.25, 0.3) is 5.91 Å². The fraction of sp³-hybridized carbons (Fsp3) is 0.292. The number of rotatable bonds is 8. The van der Waals surface area contributed by atoms with Crippen LogP contribution in [0.1, 0.15) is 24.0 Å². The highest BCUT2D eigenvalue weighted by molar-refractivity contribution is 6.42. The Morgan fingerprint density at radius 1 is 1.10 bits per heavy atom. The van der Waals surface area contributed by atoms with E-state index in [0.29, 0.717) is 27.9 Å². The number of hydrogen-bond acceptors (Lipinski definition) is 3. The van der Waals surface area contributed by atoms with Crippen LogP contribution < -0.4 is 5.32 Å². The molecule has 0 bridgehead atoms. The molecule has 30 heavy (non-hydrogen) atoms. The zero-order valence-corrected chi connectivity index (χ0v) is 18.5. The zero-order valence-electron chi connectivity index (χ0n) is 17.0. The number of aliphatic hydroxyl groups is 1. The molecule has 0 fully saturated rings. The predicted octanol–water partition coefficient (Wildman–Crippen LogP) is 5.31. The number of carbonyl (C=O) groups excluding carboxylic acids is 1. The Labute approximate surface area is 187 Å². The lowest BCUT2D eigenvalue weighted by atomic mass is 9.99. The molecule has 1 atom stereocenters. The van der Waals surface area contributed by atoms with E-state index in [-0.39, 0.29) is 17.7 Å². The Balaban J connectivity index is 1.57. The van der Waals surface area contributed by atoms with E-state index >= 15 is 0 Å². The first-order valence-corrected chi connectivity index (χ1v) is 10.8. The van der Waals surface area contributed by atoms with Gasteiger partial charge in [-0.05, 0) is 48.9 Å². The minimum absolute atomic E-state index is 0.0162. The lowest BCUT2D eigenvalue weighted by Gasteiger charge is -2.24. The summed E-state index contributed by atoms with van der Waals surface area (Å²) >= 11 is 12.0. The van der Waals surface area contributed by atoms with Crippen LogP contribution in [0.15, 0.2) is 72.1 Å². The van der Waals surface area contributed by atoms with E-state index in [9.17, 15) is 9.90 Å². The highest BCUT2D eigenvalue weighted by atomic mass is 35.5. The number of carbonyl (C=O) groups is 1. The van der Waals surface area contributed by atoms with Crippen molar-refractivity contribution in [1.29, 1.82) is 0 Å². The largest absolute Gasteiger partial charge is 0.505 e. The third-order valence-corrected chi connectivity index (χ3v) is 6.20. The monoisotopic (exact) mass is 444 g/mol. The minimum Gasteiger partial charge on any atom is -0.505 e. The highest BCUT2D eigenvalue weighted by Crippen LogP contribution is 2.32. The van der Waals surface area contributed by atoms with Crippen LogP contribution in [0.2, 0.25) is 10.0 Å². The number of aryl methyl sites for hydroxylation is 2. The molecule has 0 radical (unpaired) electrons. The molecule has 1 unspecified atom stereocenters. The van der Waals surface area contributed by atoms with E-state index in [4.69, 9.17) is 23.2 Å². The van der Waals surface area contributed by atoms with Gasteiger partial charge in [0.1, 0.15) is 5.76 Å². The second kappa shape index (κ2) is 10.1. The van der Waals surface area contributed by atoms with Gasteiger partial charge in [0.15, 0.2) is 0 Å². The molecule has 1 amide bonds. The number of nitrogens with zero attached hydrogens (tertiary/aromatic N) is 1. The summed E-state index contributed by atoms with van der Waals surface area (Å²) < 4.78 is 0. The Kier molecular flexibility index (Phi) is 7.46. The van der Waals surface area contributed by atoms with Gasteiger partial charge in [-0.3, -0.25) is 4.79 Å². The second-order valence-corrected chi connectivity index (χ2v) is 8.28. The number of benzene rings is 2. The number of likely N-dealkylation sites (N-methyl/N-ethyl adjacent to an activating group) is 1. The molecule has 0 aliphatic carbocycles. The first-order chi connectivity index (χ1) is 14.4. The molecule has 1 aliphatic heterocycles. The SMILES string of the molecule is C=C1C(O)=C(C(=O)NCCCc2ccc(Cl)c(Cl)c2)C(CCc2ccccc2)N1C. The average molecular weight is 445 g/mol. The smallest absolute Gasteiger partial charge is 0.253 e. The normalized spacial score (nSPS) is 16.3. The third kappa shape index (κ3) is 5.18. The highest BCUT2D eigenvalue weighted by Gasteiger charge is 2.36. The molecule has 2 aromatic carbocycles. The molecule has 1 heterocycles. The van der Waals surface area contributed by atoms with E-state index in [1.54, 1.807) is 6.07 Å². The minimum atomic E-state index is -0.245. The fourth-order valence-electron chi connectivity index (χ4n) is 3.69. The van der Waals surface area contributed by atoms with Gasteiger partial charge >= 0.3 is 0 Å². The Bertz CT molecular complexity index is 957. The van der Waals surface area contributed by atoms with Gasteiger partial charge in [0.2, 0.25) is 0 Å². The van der Waals surface area contributed by atoms with Gasteiger partial charge in [0, 0.05) is 13.6 Å². The molecule has 0 aromatic heterocycles. The quantitative estimate of drug-likeness (QED) is 0.541. The van der Waals surface area contributed by atoms with Crippen molar-refractivity contribution < 1.29 is 9.90 Å². The Morgan fingerprint density at radius 3 is 2.53 bits per heavy atom. The standard InChI is InChI=1S/C24H26Cl2N2O2/c1-16-23(29)22(21(28(16)2)13-11-17-7-4-3-5-8-17)24(30)27-14-6-9-18-10-12-19(25)20(26)15-18/h3-5,7-8,10,12,15,21,29H,1,6,9,11,13-14H2,2H3,(H,27,30). The second-order valence-electron chi connectivity index (χ2n) is 7.47. The van der Waals surface area contributed by atoms with E-state index in [1.807, 2.05) is 42.3 Å². The summed E-state index contributed by atoms with van der Waals surface area (Å²) in [6.45, 7) is 4.42. The van der Waals surface area contributed by atoms with Gasteiger partial charge in [-0.15, -0.1) is 0 Å². The Morgan fingerprint density at radius 2 is 1.83 bits per heavy atom. The average Bonchev–Trinajstić information content (AvgIpc) is 2.96. The summed E-state index contributed by atoms with van der Waals surface area (Å²) in [5, 5.41) is 14.5. The number of halogens is 2. The maximum absolute atomic E-state index is 12.8. The number of amides is 1. The molecule has 6 heteroatoms. The predicted molar refractivity (Wildman–Crippen MR) is 123 cm³/mol. The van der Waals surface area contributed by atoms with Crippen molar-refractivity contribution in [3.05, 3.63) is 93.3 Å². The molecular formula is C24H26Cl2N2O2. The van der Waals surface area contributed by atoms with Gasteiger partial charge in [0.05, 0.1) is 27.4 Å². The topological polar surface area (TPSA) is 52.6 Å². The molecule has 2 aromatic rings. The summed E-state index contributed by atoms with van der Waals surface area (Å²) in [6.07, 6.45) is 3.05. The van der Waals surface area contributed by atoms with Gasteiger partial charge in [-0.2, -0.15) is 0 Å². The van der Waals surface area contributed by atoms with Crippen LogP contribution >= 0.6 is 23.2 Å². The van der Waals surface area contributed by atoms with Gasteiger partial charge < -0.3 is 15.3 Å². The molecule has 158 valence electrons. The number of aliphatic hydroxyl groups excluding tert-OH is 1. The van der Waals surface area contributed by atoms with Crippen molar-refractivity contribution in [3.8, 4) is 0 Å². The van der Waals surface area contributed by atoms with Crippen LogP contribution in [-0.2, 0) is 17.6 Å². The van der Waals surface area contributed by atoms with Crippen molar-refractivity contribution >= 4 is 29.1 Å². The molecule has 2 N–H and O–H groups in total. The van der Waals surface area contributed by atoms with Gasteiger partial charge in [-0.25, -0.2) is 0 Å². The summed E-state index contributed by atoms with van der Waals surface area (Å²) in [6, 6.07) is 15.5. The molecule has 1 aliphatic rings. The number of nitrogens with one attached hydrogen (secondary N) is 1. The van der Waals surface area contributed by atoms with Crippen molar-refractivity contribution in [2.45, 2.75) is 31.7 Å². The Hall–Kier alpha value is -2.43. The van der Waals surface area contributed by atoms with E-state index in [0.717, 1.165) is 31.2 Å². The molecule has 0 spiro atoms. The summed E-state index contributed by atoms with van der Waals surface area (Å²) in [5.41, 5.74) is 3.14. The van der Waals surface area contributed by atoms with Crippen molar-refractivity contribution in [1.82, 2.24) is 10.2 Å². The third-order valence-electron chi connectivity index (χ3n) is 5.46. The lowest BCUT2D eigenvalue weighted by molar-refractivity contribution is -0.118. The first kappa shape index (κ1) is 22.3. The fourth-order valence-corrected chi connectivity index (χ4v) is 4.01. The lowest BCUT2D eigenvalue weighted by Crippen LogP contribution is -2.35. The van der Waals surface area contributed by atoms with E-state index in [1.165, 1.54) is 5.56 Å². The van der Waals surface area contributed by atoms with Crippen LogP contribution in [-0.4, -0.2) is 35.5 Å². The maximum Gasteiger partial charge on any atom is 0.253 e. The molecule has 0 saturated heterocycles. The molecule has 4 nitrogen and oxygen atoms in total. The maximum atomic E-state index is 12.8. The van der Waals surface area contributed by atoms with Gasteiger partial charge in [-0.1, -0.05) is 66.2 Å². The summed E-state index contributed by atoms with van der Waals surface area (Å²) in [7, 11) is 1.86. The summed E-state index contributed by atoms with van der Waals surface area (Å²) in [5.74, 6) is -0.261. The van der Waals surface area contributed by atoms with Crippen molar-refractivity contribution in [3.63, 3.8) is 0 Å². The van der Waals surface area contributed by atoms with Crippen LogP contribution in [0.25, 0.3) is 0 Å². The zero-order chi connectivity index (χ0) is 21.7. The molecule has 0 saturated carbocycles.